The van der Waals surface area contributed by atoms with Crippen LogP contribution in [0.25, 0.3) is 21.9 Å². The zero-order valence-corrected chi connectivity index (χ0v) is 15.6. The number of fused-ring (bicyclic) bond motifs is 1. The molecular weight excluding hydrogens is 362 g/mol. The summed E-state index contributed by atoms with van der Waals surface area (Å²) >= 11 is 0. The maximum absolute atomic E-state index is 12.5. The lowest BCUT2D eigenvalue weighted by atomic mass is 10.0. The number of carboxylic acids is 1. The molecule has 0 fully saturated rings. The van der Waals surface area contributed by atoms with Crippen molar-refractivity contribution in [1.82, 2.24) is 0 Å². The number of amides is 1. The van der Waals surface area contributed by atoms with E-state index in [9.17, 15) is 14.7 Å². The minimum absolute atomic E-state index is 0.0801. The van der Waals surface area contributed by atoms with E-state index in [-0.39, 0.29) is 17.9 Å². The van der Waals surface area contributed by atoms with Gasteiger partial charge in [0, 0.05) is 0 Å². The van der Waals surface area contributed by atoms with E-state index in [0.717, 1.165) is 27.5 Å². The van der Waals surface area contributed by atoms with Crippen LogP contribution in [-0.4, -0.2) is 17.0 Å². The van der Waals surface area contributed by atoms with Crippen molar-refractivity contribution in [3.8, 4) is 11.1 Å². The first-order chi connectivity index (χ1) is 14.1. The number of carboxylic acid groups (broad SMARTS) is 1. The van der Waals surface area contributed by atoms with Gasteiger partial charge in [-0.3, -0.25) is 4.79 Å². The number of aromatic carboxylic acids is 1. The summed E-state index contributed by atoms with van der Waals surface area (Å²) in [6.07, 6.45) is 0.168. The van der Waals surface area contributed by atoms with Gasteiger partial charge in [0.05, 0.1) is 17.7 Å². The van der Waals surface area contributed by atoms with Gasteiger partial charge in [0.15, 0.2) is 0 Å². The van der Waals surface area contributed by atoms with Crippen molar-refractivity contribution < 1.29 is 14.7 Å². The number of hydrogen-bond donors (Lipinski definition) is 2. The van der Waals surface area contributed by atoms with Crippen molar-refractivity contribution in [3.05, 3.63) is 102 Å². The van der Waals surface area contributed by atoms with E-state index in [1.807, 2.05) is 78.9 Å². The lowest BCUT2D eigenvalue weighted by molar-refractivity contribution is -0.115. The highest BCUT2D eigenvalue weighted by Gasteiger charge is 2.14. The normalized spacial score (nSPS) is 10.6. The SMILES string of the molecule is O=C(Cc1ccc(-c2ccccc2)cc1)Nc1cc2ccccc2cc1C(=O)O. The van der Waals surface area contributed by atoms with Crippen molar-refractivity contribution in [2.24, 2.45) is 0 Å². The molecule has 0 aromatic heterocycles. The third-order valence-electron chi connectivity index (χ3n) is 4.82. The highest BCUT2D eigenvalue weighted by atomic mass is 16.4. The zero-order valence-electron chi connectivity index (χ0n) is 15.6. The highest BCUT2D eigenvalue weighted by Crippen LogP contribution is 2.25. The van der Waals surface area contributed by atoms with E-state index in [2.05, 4.69) is 5.32 Å². The molecule has 0 spiro atoms. The van der Waals surface area contributed by atoms with Gasteiger partial charge in [0.25, 0.3) is 0 Å². The fourth-order valence-electron chi connectivity index (χ4n) is 3.35. The Morgan fingerprint density at radius 2 is 1.31 bits per heavy atom. The third-order valence-corrected chi connectivity index (χ3v) is 4.82. The standard InChI is InChI=1S/C25H19NO3/c27-24(14-17-10-12-19(13-11-17)18-6-2-1-3-7-18)26-23-16-21-9-5-4-8-20(21)15-22(23)25(28)29/h1-13,15-16H,14H2,(H,26,27)(H,28,29). The Kier molecular flexibility index (Phi) is 5.08. The van der Waals surface area contributed by atoms with Gasteiger partial charge in [-0.15, -0.1) is 0 Å². The Morgan fingerprint density at radius 3 is 1.97 bits per heavy atom. The Hall–Kier alpha value is -3.92. The van der Waals surface area contributed by atoms with Crippen molar-refractivity contribution >= 4 is 28.3 Å². The smallest absolute Gasteiger partial charge is 0.337 e. The lowest BCUT2D eigenvalue weighted by Crippen LogP contribution is -2.16. The number of carbonyl (C=O) groups excluding carboxylic acids is 1. The van der Waals surface area contributed by atoms with Gasteiger partial charge in [-0.2, -0.15) is 0 Å². The summed E-state index contributed by atoms with van der Waals surface area (Å²) in [5.74, 6) is -1.33. The molecule has 0 saturated carbocycles. The maximum atomic E-state index is 12.5. The van der Waals surface area contributed by atoms with E-state index in [1.54, 1.807) is 12.1 Å². The van der Waals surface area contributed by atoms with Gasteiger partial charge in [-0.25, -0.2) is 4.79 Å². The summed E-state index contributed by atoms with van der Waals surface area (Å²) < 4.78 is 0. The molecule has 4 nitrogen and oxygen atoms in total. The Balaban J connectivity index is 1.52. The first kappa shape index (κ1) is 18.4. The molecule has 4 heteroatoms. The van der Waals surface area contributed by atoms with Gasteiger partial charge < -0.3 is 10.4 Å². The average Bonchev–Trinajstić information content (AvgIpc) is 2.74. The van der Waals surface area contributed by atoms with Crippen molar-refractivity contribution in [2.75, 3.05) is 5.32 Å². The van der Waals surface area contributed by atoms with E-state index in [0.29, 0.717) is 5.69 Å². The van der Waals surface area contributed by atoms with Crippen LogP contribution in [0.3, 0.4) is 0 Å². The van der Waals surface area contributed by atoms with Crippen LogP contribution in [0.4, 0.5) is 5.69 Å². The number of hydrogen-bond acceptors (Lipinski definition) is 2. The quantitative estimate of drug-likeness (QED) is 0.487. The van der Waals surface area contributed by atoms with Crippen molar-refractivity contribution in [3.63, 3.8) is 0 Å². The van der Waals surface area contributed by atoms with Crippen LogP contribution in [0, 0.1) is 0 Å². The Bertz CT molecular complexity index is 1180. The van der Waals surface area contributed by atoms with Gasteiger partial charge in [-0.1, -0.05) is 78.9 Å². The molecule has 0 atom stereocenters. The van der Waals surface area contributed by atoms with Crippen LogP contribution >= 0.6 is 0 Å². The van der Waals surface area contributed by atoms with Crippen LogP contribution in [-0.2, 0) is 11.2 Å². The molecule has 0 heterocycles. The second kappa shape index (κ2) is 7.98. The average molecular weight is 381 g/mol. The Morgan fingerprint density at radius 1 is 0.724 bits per heavy atom. The van der Waals surface area contributed by atoms with Crippen LogP contribution in [0.1, 0.15) is 15.9 Å². The zero-order chi connectivity index (χ0) is 20.2. The molecule has 29 heavy (non-hydrogen) atoms. The molecule has 1 amide bonds. The van der Waals surface area contributed by atoms with Crippen molar-refractivity contribution in [1.29, 1.82) is 0 Å². The molecule has 4 aromatic carbocycles. The molecule has 0 bridgehead atoms. The van der Waals surface area contributed by atoms with Gasteiger partial charge in [0.2, 0.25) is 5.91 Å². The third kappa shape index (κ3) is 4.17. The van der Waals surface area contributed by atoms with Crippen LogP contribution < -0.4 is 5.32 Å². The molecule has 4 aromatic rings. The molecule has 0 aliphatic heterocycles. The fraction of sp³-hybridized carbons (Fsp3) is 0.0400. The molecular formula is C25H19NO3. The summed E-state index contributed by atoms with van der Waals surface area (Å²) in [5, 5.41) is 14.0. The first-order valence-electron chi connectivity index (χ1n) is 9.30. The number of carbonyl (C=O) groups is 2. The fourth-order valence-corrected chi connectivity index (χ4v) is 3.35. The largest absolute Gasteiger partial charge is 0.478 e. The number of nitrogens with one attached hydrogen (secondary N) is 1. The summed E-state index contributed by atoms with van der Waals surface area (Å²) in [4.78, 5) is 24.2. The molecule has 0 unspecified atom stereocenters. The summed E-state index contributed by atoms with van der Waals surface area (Å²) in [6, 6.07) is 28.6. The van der Waals surface area contributed by atoms with E-state index >= 15 is 0 Å². The summed E-state index contributed by atoms with van der Waals surface area (Å²) in [6.45, 7) is 0. The molecule has 4 rings (SSSR count). The second-order valence-electron chi connectivity index (χ2n) is 6.84. The topological polar surface area (TPSA) is 66.4 Å². The van der Waals surface area contributed by atoms with Crippen molar-refractivity contribution in [2.45, 2.75) is 6.42 Å². The molecule has 0 radical (unpaired) electrons. The predicted molar refractivity (Wildman–Crippen MR) is 115 cm³/mol. The summed E-state index contributed by atoms with van der Waals surface area (Å²) in [7, 11) is 0. The van der Waals surface area contributed by atoms with E-state index < -0.39 is 5.97 Å². The van der Waals surface area contributed by atoms with Crippen LogP contribution in [0.2, 0.25) is 0 Å². The van der Waals surface area contributed by atoms with E-state index in [4.69, 9.17) is 0 Å². The molecule has 2 N–H and O–H groups in total. The predicted octanol–water partition coefficient (Wildman–Crippen LogP) is 5.39. The summed E-state index contributed by atoms with van der Waals surface area (Å²) in [5.41, 5.74) is 3.45. The second-order valence-corrected chi connectivity index (χ2v) is 6.84. The molecule has 0 aliphatic rings. The van der Waals surface area contributed by atoms with Crippen LogP contribution in [0.15, 0.2) is 91.0 Å². The van der Waals surface area contributed by atoms with Gasteiger partial charge in [-0.05, 0) is 39.6 Å². The number of rotatable bonds is 5. The molecule has 142 valence electrons. The maximum Gasteiger partial charge on any atom is 0.337 e. The van der Waals surface area contributed by atoms with E-state index in [1.165, 1.54) is 0 Å². The monoisotopic (exact) mass is 381 g/mol. The Labute approximate surface area is 168 Å². The molecule has 0 saturated heterocycles. The first-order valence-corrected chi connectivity index (χ1v) is 9.30. The number of benzene rings is 4. The van der Waals surface area contributed by atoms with Crippen LogP contribution in [0.5, 0.6) is 0 Å². The van der Waals surface area contributed by atoms with Gasteiger partial charge >= 0.3 is 5.97 Å². The number of anilines is 1. The highest BCUT2D eigenvalue weighted by molar-refractivity contribution is 6.05. The molecule has 0 aliphatic carbocycles. The lowest BCUT2D eigenvalue weighted by Gasteiger charge is -2.11. The minimum atomic E-state index is -1.07. The van der Waals surface area contributed by atoms with Gasteiger partial charge in [0.1, 0.15) is 0 Å². The minimum Gasteiger partial charge on any atom is -0.478 e.